The third-order valence-corrected chi connectivity index (χ3v) is 14.1. The van der Waals surface area contributed by atoms with Gasteiger partial charge in [0.1, 0.15) is 11.3 Å². The first-order valence-corrected chi connectivity index (χ1v) is 17.1. The van der Waals surface area contributed by atoms with Crippen LogP contribution in [0.15, 0.2) is 12.3 Å². The Morgan fingerprint density at radius 2 is 1.95 bits per heavy atom. The quantitative estimate of drug-likeness (QED) is 0.285. The van der Waals surface area contributed by atoms with E-state index < -0.39 is 44.9 Å². The fourth-order valence-corrected chi connectivity index (χ4v) is 7.22. The average Bonchev–Trinajstić information content (AvgIpc) is 3.60. The number of carbonyl (C=O) groups is 1. The second kappa shape index (κ2) is 10.3. The van der Waals surface area contributed by atoms with E-state index in [1.54, 1.807) is 6.20 Å². The number of hydrogen-bond donors (Lipinski definition) is 2. The van der Waals surface area contributed by atoms with Gasteiger partial charge in [0.25, 0.3) is 0 Å². The van der Waals surface area contributed by atoms with Crippen molar-refractivity contribution in [2.24, 2.45) is 11.8 Å². The fourth-order valence-electron chi connectivity index (χ4n) is 6.04. The number of ether oxygens (including phenoxy) is 2. The zero-order valence-corrected chi connectivity index (χ0v) is 25.4. The summed E-state index contributed by atoms with van der Waals surface area (Å²) in [6.07, 6.45) is 2.24. The van der Waals surface area contributed by atoms with Crippen LogP contribution < -0.4 is 4.90 Å². The van der Waals surface area contributed by atoms with Crippen LogP contribution in [0.5, 0.6) is 0 Å². The van der Waals surface area contributed by atoms with Crippen molar-refractivity contribution >= 4 is 42.6 Å². The Kier molecular flexibility index (Phi) is 7.56. The van der Waals surface area contributed by atoms with Crippen molar-refractivity contribution in [2.75, 3.05) is 31.2 Å². The zero-order valence-electron chi connectivity index (χ0n) is 23.7. The molecule has 2 aliphatic heterocycles. The Bertz CT molecular complexity index is 1220. The van der Waals surface area contributed by atoms with Crippen molar-refractivity contribution in [1.29, 1.82) is 0 Å². The summed E-state index contributed by atoms with van der Waals surface area (Å²) < 4.78 is 19.8. The largest absolute Gasteiger partial charge is 0.454 e. The van der Waals surface area contributed by atoms with Gasteiger partial charge in [-0.2, -0.15) is 5.10 Å². The van der Waals surface area contributed by atoms with E-state index in [0.29, 0.717) is 22.6 Å². The number of hydrogen-bond acceptors (Lipinski definition) is 9. The summed E-state index contributed by atoms with van der Waals surface area (Å²) in [7, 11) is -2.21. The predicted molar refractivity (Wildman–Crippen MR) is 150 cm³/mol. The molecule has 12 heteroatoms. The van der Waals surface area contributed by atoms with Crippen molar-refractivity contribution in [2.45, 2.75) is 89.1 Å². The standard InChI is InChI=1S/C27H41ClN4O6Si/c1-16(34)37-23-25(38-21(27(23,35)15-33)14-36-39(5,6)26(2,3)4)32-24-19(11-29-32)20(10-22(28)30-24)31-12-17-8-7-9-18(17)13-31/h10-11,17-18,21,23,25,33,35H,7-9,12-15H2,1-6H3/t17-,18+,21-,23+,25-,27-/m1/s1. The van der Waals surface area contributed by atoms with Crippen molar-refractivity contribution in [3.63, 3.8) is 0 Å². The van der Waals surface area contributed by atoms with Crippen LogP contribution in [-0.4, -0.2) is 83.4 Å². The van der Waals surface area contributed by atoms with Gasteiger partial charge in [0, 0.05) is 20.0 Å². The lowest BCUT2D eigenvalue weighted by atomic mass is 9.93. The van der Waals surface area contributed by atoms with Gasteiger partial charge in [-0.05, 0) is 48.9 Å². The lowest BCUT2D eigenvalue weighted by molar-refractivity contribution is -0.169. The monoisotopic (exact) mass is 580 g/mol. The van der Waals surface area contributed by atoms with Gasteiger partial charge in [0.05, 0.1) is 30.5 Å². The van der Waals surface area contributed by atoms with Crippen LogP contribution in [0.3, 0.4) is 0 Å². The summed E-state index contributed by atoms with van der Waals surface area (Å²) in [4.78, 5) is 19.1. The molecule has 2 saturated heterocycles. The van der Waals surface area contributed by atoms with Crippen LogP contribution in [0.25, 0.3) is 11.0 Å². The van der Waals surface area contributed by atoms with Crippen LogP contribution in [-0.2, 0) is 18.7 Å². The molecule has 0 aromatic carbocycles. The molecule has 0 amide bonds. The summed E-state index contributed by atoms with van der Waals surface area (Å²) in [5.74, 6) is 0.766. The van der Waals surface area contributed by atoms with Crippen LogP contribution in [0, 0.1) is 11.8 Å². The third-order valence-electron chi connectivity index (χ3n) is 9.38. The van der Waals surface area contributed by atoms with Crippen molar-refractivity contribution in [3.8, 4) is 0 Å². The smallest absolute Gasteiger partial charge is 0.303 e. The number of halogens is 1. The summed E-state index contributed by atoms with van der Waals surface area (Å²) >= 11 is 6.52. The van der Waals surface area contributed by atoms with Crippen molar-refractivity contribution in [3.05, 3.63) is 17.4 Å². The minimum absolute atomic E-state index is 0.0248. The van der Waals surface area contributed by atoms with E-state index in [0.717, 1.165) is 24.2 Å². The van der Waals surface area contributed by atoms with Crippen LogP contribution >= 0.6 is 11.6 Å². The Hall–Kier alpha value is -1.76. The molecule has 39 heavy (non-hydrogen) atoms. The normalized spacial score (nSPS) is 31.3. The van der Waals surface area contributed by atoms with Gasteiger partial charge in [-0.25, -0.2) is 9.67 Å². The molecule has 0 bridgehead atoms. The number of pyridine rings is 1. The van der Waals surface area contributed by atoms with Crippen molar-refractivity contribution < 1.29 is 28.9 Å². The molecule has 1 saturated carbocycles. The van der Waals surface area contributed by atoms with Crippen LogP contribution in [0.1, 0.15) is 53.2 Å². The SMILES string of the molecule is CC(=O)O[C@H]1[C@H](n2ncc3c(N4C[C@H]5CCC[C@H]5C4)cc(Cl)nc32)O[C@H](CO[Si](C)(C)C(C)(C)C)[C@]1(O)CO. The number of aliphatic hydroxyl groups is 2. The highest BCUT2D eigenvalue weighted by Gasteiger charge is 2.59. The Morgan fingerprint density at radius 1 is 1.28 bits per heavy atom. The second-order valence-electron chi connectivity index (χ2n) is 12.9. The molecule has 5 rings (SSSR count). The summed E-state index contributed by atoms with van der Waals surface area (Å²) in [5.41, 5.74) is -0.490. The van der Waals surface area contributed by atoms with Gasteiger partial charge in [-0.15, -0.1) is 0 Å². The summed E-state index contributed by atoms with van der Waals surface area (Å²) in [6, 6.07) is 1.87. The van der Waals surface area contributed by atoms with Crippen molar-refractivity contribution in [1.82, 2.24) is 14.8 Å². The molecule has 0 unspecified atom stereocenters. The number of anilines is 1. The zero-order chi connectivity index (χ0) is 28.3. The molecule has 2 N–H and O–H groups in total. The number of esters is 1. The van der Waals surface area contributed by atoms with Gasteiger partial charge >= 0.3 is 5.97 Å². The van der Waals surface area contributed by atoms with E-state index in [1.807, 2.05) is 6.07 Å². The van der Waals surface area contributed by atoms with Gasteiger partial charge in [-0.3, -0.25) is 4.79 Å². The van der Waals surface area contributed by atoms with E-state index in [1.165, 1.54) is 30.9 Å². The van der Waals surface area contributed by atoms with E-state index in [9.17, 15) is 15.0 Å². The number of carbonyl (C=O) groups excluding carboxylic acids is 1. The molecule has 2 aromatic heterocycles. The molecule has 4 heterocycles. The Labute approximate surface area is 235 Å². The molecular weight excluding hydrogens is 540 g/mol. The molecule has 3 aliphatic rings. The fraction of sp³-hybridized carbons (Fsp3) is 0.741. The summed E-state index contributed by atoms with van der Waals surface area (Å²) in [5, 5.41) is 27.7. The Balaban J connectivity index is 1.50. The number of nitrogens with zero attached hydrogens (tertiary/aromatic N) is 4. The summed E-state index contributed by atoms with van der Waals surface area (Å²) in [6.45, 7) is 13.1. The van der Waals surface area contributed by atoms with Gasteiger partial charge in [0.2, 0.25) is 0 Å². The van der Waals surface area contributed by atoms with Gasteiger partial charge in [0.15, 0.2) is 31.9 Å². The average molecular weight is 581 g/mol. The molecule has 6 atom stereocenters. The van der Waals surface area contributed by atoms with Crippen LogP contribution in [0.2, 0.25) is 23.3 Å². The molecular formula is C27H41ClN4O6Si. The minimum atomic E-state index is -2.21. The van der Waals surface area contributed by atoms with Gasteiger partial charge < -0.3 is 29.0 Å². The number of aliphatic hydroxyl groups excluding tert-OH is 1. The molecule has 216 valence electrons. The molecule has 3 fully saturated rings. The van der Waals surface area contributed by atoms with E-state index in [2.05, 4.69) is 48.8 Å². The molecule has 10 nitrogen and oxygen atoms in total. The maximum Gasteiger partial charge on any atom is 0.303 e. The second-order valence-corrected chi connectivity index (χ2v) is 18.1. The molecule has 1 aliphatic carbocycles. The Morgan fingerprint density at radius 3 is 2.54 bits per heavy atom. The van der Waals surface area contributed by atoms with E-state index in [4.69, 9.17) is 25.5 Å². The molecule has 0 spiro atoms. The van der Waals surface area contributed by atoms with E-state index in [-0.39, 0.29) is 11.6 Å². The number of rotatable bonds is 7. The van der Waals surface area contributed by atoms with Gasteiger partial charge in [-0.1, -0.05) is 38.8 Å². The highest BCUT2D eigenvalue weighted by molar-refractivity contribution is 6.74. The van der Waals surface area contributed by atoms with E-state index >= 15 is 0 Å². The maximum atomic E-state index is 12.1. The maximum absolute atomic E-state index is 12.1. The van der Waals surface area contributed by atoms with Crippen LogP contribution in [0.4, 0.5) is 5.69 Å². The lowest BCUT2D eigenvalue weighted by Gasteiger charge is -2.38. The highest BCUT2D eigenvalue weighted by atomic mass is 35.5. The highest BCUT2D eigenvalue weighted by Crippen LogP contribution is 2.45. The number of fused-ring (bicyclic) bond motifs is 2. The number of aromatic nitrogens is 3. The first-order chi connectivity index (χ1) is 18.2. The first-order valence-electron chi connectivity index (χ1n) is 13.8. The topological polar surface area (TPSA) is 119 Å². The third kappa shape index (κ3) is 5.10. The lowest BCUT2D eigenvalue weighted by Crippen LogP contribution is -2.55. The minimum Gasteiger partial charge on any atom is -0.454 e. The first kappa shape index (κ1) is 28.8. The molecule has 0 radical (unpaired) electrons. The molecule has 2 aromatic rings. The predicted octanol–water partition coefficient (Wildman–Crippen LogP) is 3.90.